The summed E-state index contributed by atoms with van der Waals surface area (Å²) in [6, 6.07) is 25.0. The van der Waals surface area contributed by atoms with E-state index in [9.17, 15) is 4.79 Å². The van der Waals surface area contributed by atoms with E-state index in [1.807, 2.05) is 30.3 Å². The van der Waals surface area contributed by atoms with Crippen LogP contribution in [0.1, 0.15) is 46.4 Å². The summed E-state index contributed by atoms with van der Waals surface area (Å²) < 4.78 is 2.26. The van der Waals surface area contributed by atoms with Crippen molar-refractivity contribution in [1.29, 1.82) is 0 Å². The second-order valence-electron chi connectivity index (χ2n) is 7.89. The van der Waals surface area contributed by atoms with Gasteiger partial charge in [-0.15, -0.1) is 0 Å². The summed E-state index contributed by atoms with van der Waals surface area (Å²) in [4.78, 5) is 17.8. The van der Waals surface area contributed by atoms with Crippen LogP contribution in [0.25, 0.3) is 11.0 Å². The number of nitrogens with zero attached hydrogens (tertiary/aromatic N) is 2. The van der Waals surface area contributed by atoms with Crippen molar-refractivity contribution in [3.63, 3.8) is 0 Å². The Kier molecular flexibility index (Phi) is 5.17. The second-order valence-corrected chi connectivity index (χ2v) is 8.83. The third kappa shape index (κ3) is 3.56. The number of ketones is 1. The van der Waals surface area contributed by atoms with E-state index in [4.69, 9.17) is 4.98 Å². The number of carbonyl (C=O) groups is 1. The van der Waals surface area contributed by atoms with Crippen LogP contribution in [0.2, 0.25) is 0 Å². The van der Waals surface area contributed by atoms with E-state index in [0.29, 0.717) is 5.75 Å². The number of thioether (sulfide) groups is 1. The fourth-order valence-corrected chi connectivity index (χ4v) is 5.32. The van der Waals surface area contributed by atoms with Crippen molar-refractivity contribution >= 4 is 28.6 Å². The van der Waals surface area contributed by atoms with Crippen LogP contribution < -0.4 is 0 Å². The number of hydrogen-bond acceptors (Lipinski definition) is 3. The Labute approximate surface area is 181 Å². The van der Waals surface area contributed by atoms with Gasteiger partial charge in [0.15, 0.2) is 10.9 Å². The van der Waals surface area contributed by atoms with Crippen LogP contribution in [0.3, 0.4) is 0 Å². The minimum absolute atomic E-state index is 0.135. The zero-order valence-electron chi connectivity index (χ0n) is 17.0. The van der Waals surface area contributed by atoms with Crippen molar-refractivity contribution in [2.75, 3.05) is 5.75 Å². The molecule has 0 unspecified atom stereocenters. The summed E-state index contributed by atoms with van der Waals surface area (Å²) in [6.45, 7) is 2.19. The van der Waals surface area contributed by atoms with E-state index >= 15 is 0 Å². The first-order valence-electron chi connectivity index (χ1n) is 10.5. The number of hydrogen-bond donors (Lipinski definition) is 0. The van der Waals surface area contributed by atoms with Crippen LogP contribution in [0.4, 0.5) is 0 Å². The van der Waals surface area contributed by atoms with Gasteiger partial charge in [-0.2, -0.15) is 0 Å². The van der Waals surface area contributed by atoms with E-state index in [1.54, 1.807) is 0 Å². The molecule has 0 N–H and O–H groups in total. The maximum Gasteiger partial charge on any atom is 0.173 e. The third-order valence-electron chi connectivity index (χ3n) is 5.99. The Balaban J connectivity index is 1.43. The highest BCUT2D eigenvalue weighted by Crippen LogP contribution is 2.31. The molecule has 0 saturated carbocycles. The number of Topliss-reactive ketones (excluding diaryl/α,β-unsaturated/α-hetero) is 1. The molecule has 0 amide bonds. The molecule has 3 aromatic carbocycles. The Morgan fingerprint density at radius 2 is 1.77 bits per heavy atom. The van der Waals surface area contributed by atoms with Gasteiger partial charge >= 0.3 is 0 Å². The van der Waals surface area contributed by atoms with Crippen molar-refractivity contribution < 1.29 is 4.79 Å². The molecular weight excluding hydrogens is 388 g/mol. The van der Waals surface area contributed by atoms with E-state index in [1.165, 1.54) is 34.9 Å². The SMILES string of the molecule is C[C@@H](c1ccccc1)n1c(SCC(=O)c2ccc3c(c2)CCC3)nc2ccccc21. The number of para-hydroxylation sites is 2. The summed E-state index contributed by atoms with van der Waals surface area (Å²) >= 11 is 1.53. The molecule has 0 radical (unpaired) electrons. The van der Waals surface area contributed by atoms with Gasteiger partial charge in [0.25, 0.3) is 0 Å². The Hall–Kier alpha value is -2.85. The average molecular weight is 413 g/mol. The van der Waals surface area contributed by atoms with Gasteiger partial charge in [0, 0.05) is 5.56 Å². The summed E-state index contributed by atoms with van der Waals surface area (Å²) in [5.74, 6) is 0.560. The first-order valence-corrected chi connectivity index (χ1v) is 11.5. The van der Waals surface area contributed by atoms with Crippen LogP contribution in [-0.2, 0) is 12.8 Å². The van der Waals surface area contributed by atoms with Gasteiger partial charge in [-0.1, -0.05) is 66.4 Å². The minimum atomic E-state index is 0.135. The number of imidazole rings is 1. The molecular formula is C26H24N2OS. The maximum atomic E-state index is 12.9. The summed E-state index contributed by atoms with van der Waals surface area (Å²) in [7, 11) is 0. The van der Waals surface area contributed by atoms with Crippen molar-refractivity contribution in [3.8, 4) is 0 Å². The quantitative estimate of drug-likeness (QED) is 0.283. The predicted octanol–water partition coefficient (Wildman–Crippen LogP) is 6.11. The first kappa shape index (κ1) is 19.1. The van der Waals surface area contributed by atoms with Gasteiger partial charge in [0.2, 0.25) is 0 Å². The van der Waals surface area contributed by atoms with E-state index < -0.39 is 0 Å². The average Bonchev–Trinajstić information content (AvgIpc) is 3.41. The Morgan fingerprint density at radius 3 is 2.63 bits per heavy atom. The number of fused-ring (bicyclic) bond motifs is 2. The molecule has 5 rings (SSSR count). The Morgan fingerprint density at radius 1 is 1.00 bits per heavy atom. The third-order valence-corrected chi connectivity index (χ3v) is 6.94. The molecule has 1 aromatic heterocycles. The molecule has 3 nitrogen and oxygen atoms in total. The lowest BCUT2D eigenvalue weighted by Gasteiger charge is -2.18. The van der Waals surface area contributed by atoms with Gasteiger partial charge in [-0.05, 0) is 61.1 Å². The maximum absolute atomic E-state index is 12.9. The lowest BCUT2D eigenvalue weighted by molar-refractivity contribution is 0.102. The topological polar surface area (TPSA) is 34.9 Å². The molecule has 1 aliphatic rings. The van der Waals surface area contributed by atoms with Crippen molar-refractivity contribution in [3.05, 3.63) is 95.1 Å². The van der Waals surface area contributed by atoms with Crippen molar-refractivity contribution in [1.82, 2.24) is 9.55 Å². The van der Waals surface area contributed by atoms with E-state index in [2.05, 4.69) is 54.0 Å². The van der Waals surface area contributed by atoms with Gasteiger partial charge < -0.3 is 4.57 Å². The molecule has 1 atom stereocenters. The van der Waals surface area contributed by atoms with Crippen LogP contribution in [0, 0.1) is 0 Å². The summed E-state index contributed by atoms with van der Waals surface area (Å²) in [6.07, 6.45) is 3.43. The molecule has 0 fully saturated rings. The second kappa shape index (κ2) is 8.11. The normalized spacial score (nSPS) is 14.0. The van der Waals surface area contributed by atoms with Crippen LogP contribution in [-0.4, -0.2) is 21.1 Å². The molecule has 0 aliphatic heterocycles. The zero-order valence-corrected chi connectivity index (χ0v) is 17.9. The lowest BCUT2D eigenvalue weighted by atomic mass is 10.0. The van der Waals surface area contributed by atoms with Crippen LogP contribution in [0.15, 0.2) is 78.0 Å². The fourth-order valence-electron chi connectivity index (χ4n) is 4.34. The fraction of sp³-hybridized carbons (Fsp3) is 0.231. The van der Waals surface area contributed by atoms with E-state index in [0.717, 1.165) is 34.6 Å². The molecule has 0 saturated heterocycles. The lowest BCUT2D eigenvalue weighted by Crippen LogP contribution is -2.10. The first-order chi connectivity index (χ1) is 14.7. The highest BCUT2D eigenvalue weighted by Gasteiger charge is 2.19. The van der Waals surface area contributed by atoms with Gasteiger partial charge in [-0.25, -0.2) is 4.98 Å². The molecule has 4 heteroatoms. The highest BCUT2D eigenvalue weighted by molar-refractivity contribution is 7.99. The number of rotatable bonds is 6. The summed E-state index contributed by atoms with van der Waals surface area (Å²) in [5.41, 5.74) is 6.86. The number of aryl methyl sites for hydroxylation is 2. The van der Waals surface area contributed by atoms with Gasteiger partial charge in [0.1, 0.15) is 0 Å². The molecule has 150 valence electrons. The molecule has 0 spiro atoms. The van der Waals surface area contributed by atoms with Crippen molar-refractivity contribution in [2.45, 2.75) is 37.4 Å². The molecule has 1 aliphatic carbocycles. The molecule has 4 aromatic rings. The number of benzene rings is 3. The predicted molar refractivity (Wildman–Crippen MR) is 124 cm³/mol. The van der Waals surface area contributed by atoms with Crippen LogP contribution in [0.5, 0.6) is 0 Å². The standard InChI is InChI=1S/C26H24N2OS/c1-18(19-8-3-2-4-9-19)28-24-13-6-5-12-23(24)27-26(28)30-17-25(29)22-15-14-20-10-7-11-21(20)16-22/h2-6,8-9,12-16,18H,7,10-11,17H2,1H3/t18-/m0/s1. The molecule has 30 heavy (non-hydrogen) atoms. The smallest absolute Gasteiger partial charge is 0.173 e. The number of aromatic nitrogens is 2. The Bertz CT molecular complexity index is 1210. The van der Waals surface area contributed by atoms with E-state index in [-0.39, 0.29) is 11.8 Å². The molecule has 0 bridgehead atoms. The van der Waals surface area contributed by atoms with Crippen LogP contribution >= 0.6 is 11.8 Å². The van der Waals surface area contributed by atoms with Crippen molar-refractivity contribution in [2.24, 2.45) is 0 Å². The summed E-state index contributed by atoms with van der Waals surface area (Å²) in [5, 5.41) is 0.891. The minimum Gasteiger partial charge on any atom is -0.312 e. The molecule has 1 heterocycles. The number of carbonyl (C=O) groups excluding carboxylic acids is 1. The highest BCUT2D eigenvalue weighted by atomic mass is 32.2. The van der Waals surface area contributed by atoms with Gasteiger partial charge in [-0.3, -0.25) is 4.79 Å². The van der Waals surface area contributed by atoms with Gasteiger partial charge in [0.05, 0.1) is 22.8 Å². The monoisotopic (exact) mass is 412 g/mol. The largest absolute Gasteiger partial charge is 0.312 e. The zero-order chi connectivity index (χ0) is 20.5.